The lowest BCUT2D eigenvalue weighted by atomic mass is 9.97. The fourth-order valence-electron chi connectivity index (χ4n) is 2.84. The molecular formula is C15H20N2O2. The summed E-state index contributed by atoms with van der Waals surface area (Å²) in [5.74, 6) is 0.948. The van der Waals surface area contributed by atoms with E-state index in [2.05, 4.69) is 22.8 Å². The highest BCUT2D eigenvalue weighted by molar-refractivity contribution is 5.78. The first kappa shape index (κ1) is 12.5. The van der Waals surface area contributed by atoms with Crippen LogP contribution in [0, 0.1) is 5.92 Å². The number of para-hydroxylation sites is 1. The minimum absolute atomic E-state index is 0.149. The van der Waals surface area contributed by atoms with Crippen LogP contribution in [0.1, 0.15) is 24.3 Å². The molecule has 0 aromatic heterocycles. The van der Waals surface area contributed by atoms with Gasteiger partial charge in [-0.3, -0.25) is 4.79 Å². The topological polar surface area (TPSA) is 50.4 Å². The summed E-state index contributed by atoms with van der Waals surface area (Å²) in [6, 6.07) is 8.24. The van der Waals surface area contributed by atoms with Crippen molar-refractivity contribution in [3.63, 3.8) is 0 Å². The standard InChI is InChI=1S/C15H20N2O2/c18-15(17-8-11-5-6-19-10-11)7-12-9-16-14-4-2-1-3-13(12)14/h1-4,11-12,16H,5-10H2,(H,17,18). The molecule has 1 aromatic carbocycles. The summed E-state index contributed by atoms with van der Waals surface area (Å²) in [6.45, 7) is 3.23. The van der Waals surface area contributed by atoms with Gasteiger partial charge in [0.15, 0.2) is 0 Å². The molecule has 0 spiro atoms. The molecule has 2 heterocycles. The summed E-state index contributed by atoms with van der Waals surface area (Å²) in [5, 5.41) is 6.39. The second-order valence-electron chi connectivity index (χ2n) is 5.40. The zero-order chi connectivity index (χ0) is 13.1. The monoisotopic (exact) mass is 260 g/mol. The van der Waals surface area contributed by atoms with Crippen LogP contribution in [0.25, 0.3) is 0 Å². The van der Waals surface area contributed by atoms with Gasteiger partial charge in [-0.1, -0.05) is 18.2 Å². The summed E-state index contributed by atoms with van der Waals surface area (Å²) in [7, 11) is 0. The van der Waals surface area contributed by atoms with Crippen LogP contribution in [0.5, 0.6) is 0 Å². The van der Waals surface area contributed by atoms with Crippen LogP contribution in [-0.4, -0.2) is 32.2 Å². The maximum absolute atomic E-state index is 12.0. The number of nitrogens with one attached hydrogen (secondary N) is 2. The fourth-order valence-corrected chi connectivity index (χ4v) is 2.84. The van der Waals surface area contributed by atoms with Crippen molar-refractivity contribution in [2.45, 2.75) is 18.8 Å². The summed E-state index contributed by atoms with van der Waals surface area (Å²) in [5.41, 5.74) is 2.44. The molecule has 3 rings (SSSR count). The highest BCUT2D eigenvalue weighted by Crippen LogP contribution is 2.32. The Labute approximate surface area is 113 Å². The second kappa shape index (κ2) is 5.61. The molecule has 1 amide bonds. The van der Waals surface area contributed by atoms with Crippen LogP contribution in [0.4, 0.5) is 5.69 Å². The fraction of sp³-hybridized carbons (Fsp3) is 0.533. The number of hydrogen-bond donors (Lipinski definition) is 2. The molecule has 2 aliphatic heterocycles. The molecule has 0 saturated carbocycles. The third-order valence-electron chi connectivity index (χ3n) is 3.98. The third-order valence-corrected chi connectivity index (χ3v) is 3.98. The van der Waals surface area contributed by atoms with Crippen molar-refractivity contribution in [2.75, 3.05) is 31.6 Å². The van der Waals surface area contributed by atoms with Crippen molar-refractivity contribution in [3.8, 4) is 0 Å². The number of ether oxygens (including phenoxy) is 1. The van der Waals surface area contributed by atoms with Gasteiger partial charge in [0.1, 0.15) is 0 Å². The smallest absolute Gasteiger partial charge is 0.220 e. The van der Waals surface area contributed by atoms with Crippen LogP contribution in [0.2, 0.25) is 0 Å². The van der Waals surface area contributed by atoms with E-state index in [0.29, 0.717) is 18.3 Å². The minimum Gasteiger partial charge on any atom is -0.384 e. The average Bonchev–Trinajstić information content (AvgIpc) is 3.07. The first-order valence-corrected chi connectivity index (χ1v) is 7.00. The highest BCUT2D eigenvalue weighted by atomic mass is 16.5. The predicted octanol–water partition coefficient (Wildman–Crippen LogP) is 1.74. The van der Waals surface area contributed by atoms with Crippen LogP contribution in [0.3, 0.4) is 0 Å². The lowest BCUT2D eigenvalue weighted by Crippen LogP contribution is -2.30. The Morgan fingerprint density at radius 1 is 1.42 bits per heavy atom. The number of hydrogen-bond acceptors (Lipinski definition) is 3. The molecular weight excluding hydrogens is 240 g/mol. The lowest BCUT2D eigenvalue weighted by Gasteiger charge is -2.12. The van der Waals surface area contributed by atoms with Gasteiger partial charge in [-0.05, 0) is 18.1 Å². The normalized spacial score (nSPS) is 24.8. The molecule has 1 aromatic rings. The second-order valence-corrected chi connectivity index (χ2v) is 5.40. The maximum atomic E-state index is 12.0. The van der Waals surface area contributed by atoms with E-state index >= 15 is 0 Å². The van der Waals surface area contributed by atoms with Crippen molar-refractivity contribution in [1.29, 1.82) is 0 Å². The van der Waals surface area contributed by atoms with E-state index in [0.717, 1.165) is 32.7 Å². The Morgan fingerprint density at radius 2 is 2.32 bits per heavy atom. The summed E-state index contributed by atoms with van der Waals surface area (Å²) < 4.78 is 5.31. The van der Waals surface area contributed by atoms with Gasteiger partial charge >= 0.3 is 0 Å². The SMILES string of the molecule is O=C(CC1CNc2ccccc21)NCC1CCOC1. The summed E-state index contributed by atoms with van der Waals surface area (Å²) in [6.07, 6.45) is 1.63. The molecule has 2 atom stereocenters. The van der Waals surface area contributed by atoms with Crippen LogP contribution in [-0.2, 0) is 9.53 Å². The summed E-state index contributed by atoms with van der Waals surface area (Å²) in [4.78, 5) is 12.0. The van der Waals surface area contributed by atoms with E-state index in [9.17, 15) is 4.79 Å². The van der Waals surface area contributed by atoms with Gasteiger partial charge in [-0.25, -0.2) is 0 Å². The van der Waals surface area contributed by atoms with Gasteiger partial charge in [0.25, 0.3) is 0 Å². The molecule has 2 aliphatic rings. The van der Waals surface area contributed by atoms with Crippen molar-refractivity contribution < 1.29 is 9.53 Å². The van der Waals surface area contributed by atoms with Crippen molar-refractivity contribution >= 4 is 11.6 Å². The number of anilines is 1. The zero-order valence-corrected chi connectivity index (χ0v) is 11.0. The number of rotatable bonds is 4. The van der Waals surface area contributed by atoms with Crippen LogP contribution < -0.4 is 10.6 Å². The molecule has 0 bridgehead atoms. The van der Waals surface area contributed by atoms with Gasteiger partial charge in [0.2, 0.25) is 5.91 Å². The van der Waals surface area contributed by atoms with E-state index in [1.165, 1.54) is 11.3 Å². The van der Waals surface area contributed by atoms with Crippen LogP contribution >= 0.6 is 0 Å². The number of carbonyl (C=O) groups excluding carboxylic acids is 1. The van der Waals surface area contributed by atoms with Crippen LogP contribution in [0.15, 0.2) is 24.3 Å². The van der Waals surface area contributed by atoms with Gasteiger partial charge in [0.05, 0.1) is 6.61 Å². The van der Waals surface area contributed by atoms with E-state index in [1.807, 2.05) is 12.1 Å². The number of benzene rings is 1. The van der Waals surface area contributed by atoms with E-state index in [-0.39, 0.29) is 5.91 Å². The molecule has 102 valence electrons. The van der Waals surface area contributed by atoms with E-state index < -0.39 is 0 Å². The predicted molar refractivity (Wildman–Crippen MR) is 74.2 cm³/mol. The Balaban J connectivity index is 1.50. The van der Waals surface area contributed by atoms with Gasteiger partial charge in [0, 0.05) is 43.6 Å². The lowest BCUT2D eigenvalue weighted by molar-refractivity contribution is -0.121. The molecule has 0 aliphatic carbocycles. The molecule has 1 saturated heterocycles. The Hall–Kier alpha value is -1.55. The summed E-state index contributed by atoms with van der Waals surface area (Å²) >= 11 is 0. The van der Waals surface area contributed by atoms with Crippen molar-refractivity contribution in [3.05, 3.63) is 29.8 Å². The quantitative estimate of drug-likeness (QED) is 0.867. The molecule has 1 fully saturated rings. The average molecular weight is 260 g/mol. The Kier molecular flexibility index (Phi) is 3.69. The minimum atomic E-state index is 0.149. The molecule has 19 heavy (non-hydrogen) atoms. The maximum Gasteiger partial charge on any atom is 0.220 e. The Morgan fingerprint density at radius 3 is 3.16 bits per heavy atom. The number of amides is 1. The first-order chi connectivity index (χ1) is 9.33. The number of carbonyl (C=O) groups is 1. The zero-order valence-electron chi connectivity index (χ0n) is 11.0. The third kappa shape index (κ3) is 2.89. The first-order valence-electron chi connectivity index (χ1n) is 7.00. The van der Waals surface area contributed by atoms with Crippen molar-refractivity contribution in [2.24, 2.45) is 5.92 Å². The molecule has 4 heteroatoms. The molecule has 4 nitrogen and oxygen atoms in total. The number of fused-ring (bicyclic) bond motifs is 1. The van der Waals surface area contributed by atoms with E-state index in [4.69, 9.17) is 4.74 Å². The molecule has 2 unspecified atom stereocenters. The molecule has 0 radical (unpaired) electrons. The highest BCUT2D eigenvalue weighted by Gasteiger charge is 2.24. The van der Waals surface area contributed by atoms with Crippen molar-refractivity contribution in [1.82, 2.24) is 5.32 Å². The van der Waals surface area contributed by atoms with Gasteiger partial charge < -0.3 is 15.4 Å². The van der Waals surface area contributed by atoms with E-state index in [1.54, 1.807) is 0 Å². The molecule has 2 N–H and O–H groups in total. The van der Waals surface area contributed by atoms with Gasteiger partial charge in [-0.2, -0.15) is 0 Å². The van der Waals surface area contributed by atoms with Gasteiger partial charge in [-0.15, -0.1) is 0 Å². The largest absolute Gasteiger partial charge is 0.384 e. The Bertz CT molecular complexity index is 455.